The molecule has 1 heterocycles. The number of hydrogen-bond donors (Lipinski definition) is 1. The van der Waals surface area contributed by atoms with Crippen molar-refractivity contribution in [1.29, 1.82) is 0 Å². The van der Waals surface area contributed by atoms with Crippen molar-refractivity contribution in [3.8, 4) is 0 Å². The molecule has 102 valence electrons. The van der Waals surface area contributed by atoms with Crippen LogP contribution in [0.4, 0.5) is 4.39 Å². The summed E-state index contributed by atoms with van der Waals surface area (Å²) in [5, 5.41) is 2.56. The molecule has 1 aromatic carbocycles. The second kappa shape index (κ2) is 5.36. The molecule has 0 amide bonds. The average molecular weight is 300 g/mol. The third-order valence-electron chi connectivity index (χ3n) is 2.46. The van der Waals surface area contributed by atoms with Crippen LogP contribution in [0.1, 0.15) is 23.7 Å². The van der Waals surface area contributed by atoms with Crippen LogP contribution in [0.5, 0.6) is 0 Å². The quantitative estimate of drug-likeness (QED) is 0.944. The molecule has 0 aliphatic rings. The molecule has 0 bridgehead atoms. The molecule has 2 rings (SSSR count). The van der Waals surface area contributed by atoms with Crippen LogP contribution in [0, 0.1) is 12.7 Å². The van der Waals surface area contributed by atoms with Gasteiger partial charge in [-0.15, -0.1) is 11.3 Å². The van der Waals surface area contributed by atoms with Gasteiger partial charge in [-0.3, -0.25) is 0 Å². The maximum Gasteiger partial charge on any atom is 0.241 e. The molecular weight excluding hydrogens is 287 g/mol. The van der Waals surface area contributed by atoms with E-state index >= 15 is 0 Å². The van der Waals surface area contributed by atoms with Crippen molar-refractivity contribution >= 4 is 21.4 Å². The summed E-state index contributed by atoms with van der Waals surface area (Å²) < 4.78 is 39.5. The number of benzene rings is 1. The summed E-state index contributed by atoms with van der Waals surface area (Å²) in [5.41, 5.74) is 0.854. The number of aromatic nitrogens is 1. The van der Waals surface area contributed by atoms with Gasteiger partial charge in [0.25, 0.3) is 0 Å². The van der Waals surface area contributed by atoms with E-state index in [0.717, 1.165) is 17.8 Å². The average Bonchev–Trinajstić information content (AvgIpc) is 2.76. The normalized spacial score (nSPS) is 13.4. The predicted molar refractivity (Wildman–Crippen MR) is 72.0 cm³/mol. The topological polar surface area (TPSA) is 59.1 Å². The zero-order valence-corrected chi connectivity index (χ0v) is 12.1. The minimum atomic E-state index is -3.67. The standard InChI is InChI=1S/C12H13FN2O2S2/c1-8-7-18-12(14-8)9(2)15-19(16,17)11-5-3-10(13)4-6-11/h3-7,9,15H,1-2H3. The van der Waals surface area contributed by atoms with Crippen LogP contribution in [0.3, 0.4) is 0 Å². The maximum absolute atomic E-state index is 12.8. The van der Waals surface area contributed by atoms with Crippen molar-refractivity contribution in [3.63, 3.8) is 0 Å². The van der Waals surface area contributed by atoms with Gasteiger partial charge in [0.05, 0.1) is 10.9 Å². The van der Waals surface area contributed by atoms with Crippen molar-refractivity contribution in [1.82, 2.24) is 9.71 Å². The maximum atomic E-state index is 12.8. The molecule has 0 radical (unpaired) electrons. The van der Waals surface area contributed by atoms with Gasteiger partial charge in [0.2, 0.25) is 10.0 Å². The fraction of sp³-hybridized carbons (Fsp3) is 0.250. The highest BCUT2D eigenvalue weighted by molar-refractivity contribution is 7.89. The molecule has 0 aliphatic carbocycles. The molecule has 1 atom stereocenters. The second-order valence-corrected chi connectivity index (χ2v) is 6.73. The number of hydrogen-bond acceptors (Lipinski definition) is 4. The van der Waals surface area contributed by atoms with Gasteiger partial charge in [-0.1, -0.05) is 0 Å². The van der Waals surface area contributed by atoms with Gasteiger partial charge in [-0.05, 0) is 38.1 Å². The zero-order chi connectivity index (χ0) is 14.0. The van der Waals surface area contributed by atoms with E-state index in [4.69, 9.17) is 0 Å². The van der Waals surface area contributed by atoms with E-state index in [1.54, 1.807) is 6.92 Å². The second-order valence-electron chi connectivity index (χ2n) is 4.12. The Morgan fingerprint density at radius 1 is 1.32 bits per heavy atom. The first-order valence-corrected chi connectivity index (χ1v) is 7.95. The van der Waals surface area contributed by atoms with Crippen LogP contribution >= 0.6 is 11.3 Å². The highest BCUT2D eigenvalue weighted by Crippen LogP contribution is 2.20. The summed E-state index contributed by atoms with van der Waals surface area (Å²) in [7, 11) is -3.67. The minimum absolute atomic E-state index is 0.0361. The molecule has 1 N–H and O–H groups in total. The van der Waals surface area contributed by atoms with Crippen LogP contribution in [-0.2, 0) is 10.0 Å². The molecule has 4 nitrogen and oxygen atoms in total. The first kappa shape index (κ1) is 14.1. The van der Waals surface area contributed by atoms with E-state index in [0.29, 0.717) is 5.01 Å². The predicted octanol–water partition coefficient (Wildman–Crippen LogP) is 2.63. The number of halogens is 1. The lowest BCUT2D eigenvalue weighted by atomic mass is 10.4. The minimum Gasteiger partial charge on any atom is -0.245 e. The Hall–Kier alpha value is -1.31. The van der Waals surface area contributed by atoms with Gasteiger partial charge in [0.1, 0.15) is 10.8 Å². The van der Waals surface area contributed by atoms with Gasteiger partial charge in [0, 0.05) is 11.1 Å². The van der Waals surface area contributed by atoms with Gasteiger partial charge in [-0.25, -0.2) is 22.5 Å². The van der Waals surface area contributed by atoms with Crippen molar-refractivity contribution < 1.29 is 12.8 Å². The molecule has 0 spiro atoms. The Labute approximate surface area is 115 Å². The van der Waals surface area contributed by atoms with E-state index in [9.17, 15) is 12.8 Å². The lowest BCUT2D eigenvalue weighted by molar-refractivity contribution is 0.565. The third-order valence-corrected chi connectivity index (χ3v) is 5.16. The number of aryl methyl sites for hydroxylation is 1. The zero-order valence-electron chi connectivity index (χ0n) is 10.4. The molecular formula is C12H13FN2O2S2. The van der Waals surface area contributed by atoms with Crippen LogP contribution in [0.15, 0.2) is 34.5 Å². The van der Waals surface area contributed by atoms with Gasteiger partial charge in [-0.2, -0.15) is 0 Å². The lowest BCUT2D eigenvalue weighted by Gasteiger charge is -2.11. The number of sulfonamides is 1. The Balaban J connectivity index is 2.19. The number of rotatable bonds is 4. The number of nitrogens with zero attached hydrogens (tertiary/aromatic N) is 1. The van der Waals surface area contributed by atoms with Crippen molar-refractivity contribution in [3.05, 3.63) is 46.2 Å². The van der Waals surface area contributed by atoms with E-state index < -0.39 is 21.9 Å². The van der Waals surface area contributed by atoms with Gasteiger partial charge >= 0.3 is 0 Å². The summed E-state index contributed by atoms with van der Waals surface area (Å²) >= 11 is 1.40. The van der Waals surface area contributed by atoms with Crippen molar-refractivity contribution in [2.45, 2.75) is 24.8 Å². The first-order chi connectivity index (χ1) is 8.88. The number of nitrogens with one attached hydrogen (secondary N) is 1. The summed E-state index contributed by atoms with van der Waals surface area (Å²) in [6.45, 7) is 3.57. The molecule has 19 heavy (non-hydrogen) atoms. The summed E-state index contributed by atoms with van der Waals surface area (Å²) in [6, 6.07) is 4.28. The Morgan fingerprint density at radius 3 is 2.47 bits per heavy atom. The monoisotopic (exact) mass is 300 g/mol. The fourth-order valence-corrected chi connectivity index (χ4v) is 3.62. The van der Waals surface area contributed by atoms with E-state index in [-0.39, 0.29) is 4.90 Å². The van der Waals surface area contributed by atoms with E-state index in [1.807, 2.05) is 12.3 Å². The summed E-state index contributed by atoms with van der Waals surface area (Å²) in [5.74, 6) is -0.470. The highest BCUT2D eigenvalue weighted by Gasteiger charge is 2.20. The molecule has 0 saturated carbocycles. The molecule has 7 heteroatoms. The van der Waals surface area contributed by atoms with Crippen LogP contribution in [0.2, 0.25) is 0 Å². The Kier molecular flexibility index (Phi) is 3.98. The third kappa shape index (κ3) is 3.37. The van der Waals surface area contributed by atoms with Crippen molar-refractivity contribution in [2.24, 2.45) is 0 Å². The SMILES string of the molecule is Cc1csc(C(C)NS(=O)(=O)c2ccc(F)cc2)n1. The Bertz CT molecular complexity index is 665. The van der Waals surface area contributed by atoms with E-state index in [2.05, 4.69) is 9.71 Å². The molecule has 1 aromatic heterocycles. The molecule has 2 aromatic rings. The van der Waals surface area contributed by atoms with E-state index in [1.165, 1.54) is 23.5 Å². The first-order valence-electron chi connectivity index (χ1n) is 5.58. The van der Waals surface area contributed by atoms with Crippen molar-refractivity contribution in [2.75, 3.05) is 0 Å². The smallest absolute Gasteiger partial charge is 0.241 e. The summed E-state index contributed by atoms with van der Waals surface area (Å²) in [6.07, 6.45) is 0. The molecule has 0 saturated heterocycles. The fourth-order valence-electron chi connectivity index (χ4n) is 1.54. The molecule has 0 fully saturated rings. The van der Waals surface area contributed by atoms with Gasteiger partial charge < -0.3 is 0 Å². The van der Waals surface area contributed by atoms with Gasteiger partial charge in [0.15, 0.2) is 0 Å². The van der Waals surface area contributed by atoms with Crippen LogP contribution in [0.25, 0.3) is 0 Å². The largest absolute Gasteiger partial charge is 0.245 e. The van der Waals surface area contributed by atoms with Crippen LogP contribution in [-0.4, -0.2) is 13.4 Å². The lowest BCUT2D eigenvalue weighted by Crippen LogP contribution is -2.26. The highest BCUT2D eigenvalue weighted by atomic mass is 32.2. The molecule has 0 aliphatic heterocycles. The Morgan fingerprint density at radius 2 is 1.95 bits per heavy atom. The van der Waals surface area contributed by atoms with Crippen LogP contribution < -0.4 is 4.72 Å². The number of thiazole rings is 1. The summed E-state index contributed by atoms with van der Waals surface area (Å²) in [4.78, 5) is 4.27. The molecule has 1 unspecified atom stereocenters.